The van der Waals surface area contributed by atoms with Crippen molar-refractivity contribution >= 4 is 22.7 Å². The topological polar surface area (TPSA) is 6.48 Å². The molecule has 0 unspecified atom stereocenters. The molecule has 3 aliphatic heterocycles. The molecule has 4 aromatic carbocycles. The van der Waals surface area contributed by atoms with Gasteiger partial charge >= 0.3 is 0 Å². The van der Waals surface area contributed by atoms with Crippen molar-refractivity contribution in [2.75, 3.05) is 10.0 Å². The molecule has 4 aromatic rings. The molecule has 0 aliphatic carbocycles. The zero-order valence-corrected chi connectivity index (χ0v) is 32.7. The molecule has 0 atom stereocenters. The molecule has 0 saturated heterocycles. The number of anilines is 4. The number of hydrogen-bond acceptors (Lipinski definition) is 2. The minimum absolute atomic E-state index is 0.00797. The second-order valence-corrected chi connectivity index (χ2v) is 20.2. The predicted octanol–water partition coefficient (Wildman–Crippen LogP) is 13.0. The summed E-state index contributed by atoms with van der Waals surface area (Å²) in [6.45, 7) is 38.0. The van der Waals surface area contributed by atoms with Crippen LogP contribution in [0.4, 0.5) is 22.7 Å². The van der Waals surface area contributed by atoms with E-state index < -0.39 is 0 Å². The molecule has 2 nitrogen and oxygen atoms in total. The Morgan fingerprint density at radius 1 is 0.375 bits per heavy atom. The minimum atomic E-state index is -0.186. The molecule has 0 amide bonds. The highest BCUT2D eigenvalue weighted by molar-refractivity contribution is 6.05. The number of fused-ring (bicyclic) bond motifs is 6. The maximum atomic E-state index is 2.61. The molecule has 0 radical (unpaired) electrons. The first kappa shape index (κ1) is 33.0. The van der Waals surface area contributed by atoms with Gasteiger partial charge in [-0.25, -0.2) is 10.0 Å². The van der Waals surface area contributed by atoms with Crippen molar-refractivity contribution in [1.82, 2.24) is 0 Å². The Bertz CT molecular complexity index is 1860. The lowest BCUT2D eigenvalue weighted by molar-refractivity contribution is 0.564. The summed E-state index contributed by atoms with van der Waals surface area (Å²) in [5.41, 5.74) is 18.9. The molecule has 3 heterocycles. The van der Waals surface area contributed by atoms with Crippen LogP contribution in [0.3, 0.4) is 0 Å². The SMILES string of the molecule is CC(C)(C)c1ccc2c(c1)C(C)(C)c1cc(C(C)(C)C)cc3c1N2N1c2ccc(C(C)(C)C)cc2C(C)(C)c2cc(C(C)(C)C)cc-3c21. The van der Waals surface area contributed by atoms with Crippen LogP contribution in [-0.2, 0) is 32.5 Å². The van der Waals surface area contributed by atoms with Crippen LogP contribution in [0.25, 0.3) is 11.1 Å². The fourth-order valence-electron chi connectivity index (χ4n) is 8.28. The van der Waals surface area contributed by atoms with Crippen molar-refractivity contribution in [3.8, 4) is 11.1 Å². The lowest BCUT2D eigenvalue weighted by Crippen LogP contribution is -2.48. The van der Waals surface area contributed by atoms with Crippen molar-refractivity contribution in [3.63, 3.8) is 0 Å². The molecule has 3 aliphatic rings. The second kappa shape index (κ2) is 9.58. The van der Waals surface area contributed by atoms with Gasteiger partial charge in [0.05, 0.1) is 22.7 Å². The number of hydrogen-bond donors (Lipinski definition) is 0. The van der Waals surface area contributed by atoms with E-state index >= 15 is 0 Å². The van der Waals surface area contributed by atoms with E-state index in [0.29, 0.717) is 0 Å². The third-order valence-electron chi connectivity index (χ3n) is 11.7. The van der Waals surface area contributed by atoms with Gasteiger partial charge in [0.25, 0.3) is 0 Å². The number of benzene rings is 4. The van der Waals surface area contributed by atoms with E-state index in [0.717, 1.165) is 0 Å². The van der Waals surface area contributed by atoms with Crippen molar-refractivity contribution < 1.29 is 0 Å². The number of nitrogens with zero attached hydrogens (tertiary/aromatic N) is 2. The first-order chi connectivity index (χ1) is 21.8. The van der Waals surface area contributed by atoms with E-state index in [1.165, 1.54) is 78.4 Å². The van der Waals surface area contributed by atoms with Gasteiger partial charge in [0, 0.05) is 22.0 Å². The standard InChI is InChI=1S/C46H58N2/c1-41(2,3)27-17-19-37-33(23-27)45(13,14)35-25-29(43(7,8)9)21-31-32-22-30(44(10,11)12)26-36-40(32)48(47(37)39(31)35)38-20-18-28(42(4,5)6)24-34(38)46(36,15)16/h17-26H,1-16H3. The minimum Gasteiger partial charge on any atom is -0.248 e. The first-order valence-corrected chi connectivity index (χ1v) is 18.1. The largest absolute Gasteiger partial charge is 0.248 e. The molecule has 0 aromatic heterocycles. The quantitative estimate of drug-likeness (QED) is 0.189. The van der Waals surface area contributed by atoms with Crippen LogP contribution in [0, 0.1) is 0 Å². The van der Waals surface area contributed by atoms with Gasteiger partial charge in [0.2, 0.25) is 0 Å². The molecular formula is C46H58N2. The first-order valence-electron chi connectivity index (χ1n) is 18.1. The lowest BCUT2D eigenvalue weighted by atomic mass is 9.66. The van der Waals surface area contributed by atoms with Crippen molar-refractivity contribution in [2.45, 2.75) is 143 Å². The molecule has 48 heavy (non-hydrogen) atoms. The van der Waals surface area contributed by atoms with Gasteiger partial charge in [-0.2, -0.15) is 0 Å². The van der Waals surface area contributed by atoms with Crippen LogP contribution in [0.1, 0.15) is 155 Å². The Balaban J connectivity index is 1.68. The van der Waals surface area contributed by atoms with Gasteiger partial charge in [-0.15, -0.1) is 0 Å². The second-order valence-electron chi connectivity index (χ2n) is 20.2. The summed E-state index contributed by atoms with van der Waals surface area (Å²) >= 11 is 0. The monoisotopic (exact) mass is 638 g/mol. The Morgan fingerprint density at radius 2 is 0.667 bits per heavy atom. The number of hydrazine groups is 1. The summed E-state index contributed by atoms with van der Waals surface area (Å²) in [6.07, 6.45) is 0. The lowest BCUT2D eigenvalue weighted by Gasteiger charge is -2.55. The van der Waals surface area contributed by atoms with Gasteiger partial charge in [0.1, 0.15) is 0 Å². The van der Waals surface area contributed by atoms with Gasteiger partial charge < -0.3 is 0 Å². The van der Waals surface area contributed by atoms with Gasteiger partial charge in [-0.3, -0.25) is 0 Å². The van der Waals surface area contributed by atoms with E-state index in [2.05, 4.69) is 181 Å². The highest BCUT2D eigenvalue weighted by atomic mass is 15.6. The van der Waals surface area contributed by atoms with Crippen LogP contribution in [-0.4, -0.2) is 0 Å². The zero-order valence-electron chi connectivity index (χ0n) is 32.7. The van der Waals surface area contributed by atoms with Crippen LogP contribution < -0.4 is 10.0 Å². The molecule has 252 valence electrons. The number of rotatable bonds is 0. The maximum Gasteiger partial charge on any atom is 0.0757 e. The maximum absolute atomic E-state index is 2.61. The fourth-order valence-corrected chi connectivity index (χ4v) is 8.28. The van der Waals surface area contributed by atoms with Gasteiger partial charge in [-0.1, -0.05) is 147 Å². The normalized spacial score (nSPS) is 17.4. The summed E-state index contributed by atoms with van der Waals surface area (Å²) < 4.78 is 0. The Morgan fingerprint density at radius 3 is 0.958 bits per heavy atom. The summed E-state index contributed by atoms with van der Waals surface area (Å²) in [4.78, 5) is 0. The predicted molar refractivity (Wildman–Crippen MR) is 208 cm³/mol. The van der Waals surface area contributed by atoms with Crippen molar-refractivity contribution in [3.05, 3.63) is 105 Å². The molecule has 0 fully saturated rings. The highest BCUT2D eigenvalue weighted by Crippen LogP contribution is 2.64. The summed E-state index contributed by atoms with van der Waals surface area (Å²) in [6, 6.07) is 24.7. The molecule has 0 bridgehead atoms. The Labute approximate surface area is 291 Å². The van der Waals surface area contributed by atoms with E-state index in [1.54, 1.807) is 0 Å². The average molecular weight is 639 g/mol. The average Bonchev–Trinajstić information content (AvgIpc) is 2.95. The molecular weight excluding hydrogens is 581 g/mol. The molecule has 0 saturated carbocycles. The van der Waals surface area contributed by atoms with Crippen molar-refractivity contribution in [1.29, 1.82) is 0 Å². The van der Waals surface area contributed by atoms with Crippen LogP contribution >= 0.6 is 0 Å². The van der Waals surface area contributed by atoms with Crippen molar-refractivity contribution in [2.24, 2.45) is 0 Å². The fraction of sp³-hybridized carbons (Fsp3) is 0.478. The molecule has 0 N–H and O–H groups in total. The van der Waals surface area contributed by atoms with Crippen LogP contribution in [0.5, 0.6) is 0 Å². The summed E-state index contributed by atoms with van der Waals surface area (Å²) in [7, 11) is 0. The molecule has 2 heteroatoms. The van der Waals surface area contributed by atoms with E-state index in [1.807, 2.05) is 0 Å². The van der Waals surface area contributed by atoms with E-state index in [-0.39, 0.29) is 32.5 Å². The van der Waals surface area contributed by atoms with E-state index in [4.69, 9.17) is 0 Å². The Hall–Kier alpha value is -3.52. The summed E-state index contributed by atoms with van der Waals surface area (Å²) in [5.74, 6) is 0. The smallest absolute Gasteiger partial charge is 0.0757 e. The molecule has 7 rings (SSSR count). The molecule has 0 spiro atoms. The van der Waals surface area contributed by atoms with Crippen LogP contribution in [0.2, 0.25) is 0 Å². The highest BCUT2D eigenvalue weighted by Gasteiger charge is 2.49. The van der Waals surface area contributed by atoms with Gasteiger partial charge in [-0.05, 0) is 90.4 Å². The van der Waals surface area contributed by atoms with Crippen LogP contribution in [0.15, 0.2) is 60.7 Å². The Kier molecular flexibility index (Phi) is 6.59. The summed E-state index contributed by atoms with van der Waals surface area (Å²) in [5, 5.41) is 5.22. The zero-order chi connectivity index (χ0) is 35.3. The van der Waals surface area contributed by atoms with Gasteiger partial charge in [0.15, 0.2) is 0 Å². The third-order valence-corrected chi connectivity index (χ3v) is 11.7. The van der Waals surface area contributed by atoms with E-state index in [9.17, 15) is 0 Å². The third kappa shape index (κ3) is 4.57.